The van der Waals surface area contributed by atoms with Gasteiger partial charge in [-0.05, 0) is 78.0 Å². The van der Waals surface area contributed by atoms with E-state index >= 15 is 0 Å². The summed E-state index contributed by atoms with van der Waals surface area (Å²) in [5.41, 5.74) is 1.78. The first-order valence-corrected chi connectivity index (χ1v) is 13.4. The van der Waals surface area contributed by atoms with Crippen LogP contribution in [0, 0.1) is 18.6 Å². The highest BCUT2D eigenvalue weighted by atomic mass is 32.2. The second-order valence-electron chi connectivity index (χ2n) is 9.05. The standard InChI is InChI=1S/C27H24F2N2O6S/c1-17-4-2-6-23(10-17)38(33,34)31-16-22(5-3-9-35-26-15-27(32)37-30-26)36-25-8-7-18(13-24(25)31)19-11-20(28)14-21(29)12-19/h2,4,6-8,10-14,22H,3,5,9,15-16H2,1H3/t22-/m0/s1. The van der Waals surface area contributed by atoms with Gasteiger partial charge in [-0.3, -0.25) is 4.31 Å². The van der Waals surface area contributed by atoms with Crippen molar-refractivity contribution < 1.29 is 36.3 Å². The highest BCUT2D eigenvalue weighted by Gasteiger charge is 2.35. The smallest absolute Gasteiger partial charge is 0.344 e. The lowest BCUT2D eigenvalue weighted by Gasteiger charge is -2.36. The Kier molecular flexibility index (Phi) is 7.02. The Labute approximate surface area is 218 Å². The van der Waals surface area contributed by atoms with Crippen LogP contribution in [0.5, 0.6) is 5.75 Å². The van der Waals surface area contributed by atoms with Crippen molar-refractivity contribution in [3.63, 3.8) is 0 Å². The van der Waals surface area contributed by atoms with Crippen LogP contribution in [0.1, 0.15) is 24.8 Å². The summed E-state index contributed by atoms with van der Waals surface area (Å²) in [5.74, 6) is -1.42. The van der Waals surface area contributed by atoms with Crippen molar-refractivity contribution in [2.24, 2.45) is 5.16 Å². The Morgan fingerprint density at radius 2 is 1.84 bits per heavy atom. The number of benzene rings is 3. The van der Waals surface area contributed by atoms with Crippen molar-refractivity contribution in [1.82, 2.24) is 0 Å². The highest BCUT2D eigenvalue weighted by molar-refractivity contribution is 7.92. The molecule has 0 radical (unpaired) electrons. The van der Waals surface area contributed by atoms with Gasteiger partial charge >= 0.3 is 5.97 Å². The monoisotopic (exact) mass is 542 g/mol. The van der Waals surface area contributed by atoms with Crippen LogP contribution in [-0.2, 0) is 24.4 Å². The van der Waals surface area contributed by atoms with E-state index in [-0.39, 0.29) is 41.6 Å². The van der Waals surface area contributed by atoms with Gasteiger partial charge < -0.3 is 14.3 Å². The molecule has 0 aromatic heterocycles. The number of hydrogen-bond acceptors (Lipinski definition) is 7. The second kappa shape index (κ2) is 10.4. The average molecular weight is 543 g/mol. The van der Waals surface area contributed by atoms with Crippen LogP contribution < -0.4 is 9.04 Å². The maximum absolute atomic E-state index is 13.9. The number of nitrogens with zero attached hydrogens (tertiary/aromatic N) is 2. The number of oxime groups is 1. The average Bonchev–Trinajstić information content (AvgIpc) is 3.30. The van der Waals surface area contributed by atoms with E-state index in [0.29, 0.717) is 24.2 Å². The van der Waals surface area contributed by atoms with Gasteiger partial charge in [0, 0.05) is 6.07 Å². The minimum absolute atomic E-state index is 0.0205. The molecule has 3 aromatic carbocycles. The predicted octanol–water partition coefficient (Wildman–Crippen LogP) is 4.95. The molecule has 0 saturated carbocycles. The van der Waals surface area contributed by atoms with Gasteiger partial charge in [0.05, 0.1) is 23.7 Å². The predicted molar refractivity (Wildman–Crippen MR) is 135 cm³/mol. The van der Waals surface area contributed by atoms with Crippen LogP contribution in [0.25, 0.3) is 11.1 Å². The van der Waals surface area contributed by atoms with Crippen molar-refractivity contribution in [3.8, 4) is 16.9 Å². The van der Waals surface area contributed by atoms with E-state index in [0.717, 1.165) is 11.6 Å². The van der Waals surface area contributed by atoms with Crippen molar-refractivity contribution in [3.05, 3.63) is 77.9 Å². The van der Waals surface area contributed by atoms with E-state index < -0.39 is 33.7 Å². The molecule has 0 spiro atoms. The van der Waals surface area contributed by atoms with Gasteiger partial charge in [0.25, 0.3) is 10.0 Å². The Bertz CT molecular complexity index is 1510. The highest BCUT2D eigenvalue weighted by Crippen LogP contribution is 2.40. The first-order valence-electron chi connectivity index (χ1n) is 11.9. The summed E-state index contributed by atoms with van der Waals surface area (Å²) in [7, 11) is -4.00. The number of rotatable bonds is 7. The molecule has 1 atom stereocenters. The molecular weight excluding hydrogens is 518 g/mol. The molecule has 0 saturated heterocycles. The maximum Gasteiger partial charge on any atom is 0.344 e. The van der Waals surface area contributed by atoms with Gasteiger partial charge in [0.2, 0.25) is 5.90 Å². The van der Waals surface area contributed by atoms with Crippen LogP contribution in [0.4, 0.5) is 14.5 Å². The summed E-state index contributed by atoms with van der Waals surface area (Å²) in [6, 6.07) is 14.5. The van der Waals surface area contributed by atoms with E-state index in [1.165, 1.54) is 22.5 Å². The third-order valence-electron chi connectivity index (χ3n) is 6.15. The third kappa shape index (κ3) is 5.47. The van der Waals surface area contributed by atoms with Crippen LogP contribution in [-0.4, -0.2) is 39.5 Å². The Morgan fingerprint density at radius 3 is 2.55 bits per heavy atom. The van der Waals surface area contributed by atoms with Gasteiger partial charge in [0.1, 0.15) is 29.9 Å². The Morgan fingerprint density at radius 1 is 1.05 bits per heavy atom. The molecule has 0 bridgehead atoms. The van der Waals surface area contributed by atoms with Gasteiger partial charge in [-0.1, -0.05) is 18.2 Å². The number of aryl methyl sites for hydroxylation is 1. The van der Waals surface area contributed by atoms with Crippen molar-refractivity contribution in [2.75, 3.05) is 17.5 Å². The summed E-state index contributed by atoms with van der Waals surface area (Å²) < 4.78 is 68.2. The molecule has 38 heavy (non-hydrogen) atoms. The number of hydrogen-bond donors (Lipinski definition) is 0. The Hall–Kier alpha value is -3.99. The fourth-order valence-electron chi connectivity index (χ4n) is 4.36. The number of anilines is 1. The van der Waals surface area contributed by atoms with E-state index in [2.05, 4.69) is 9.99 Å². The molecule has 0 amide bonds. The van der Waals surface area contributed by atoms with E-state index in [1.807, 2.05) is 0 Å². The van der Waals surface area contributed by atoms with Gasteiger partial charge in [-0.25, -0.2) is 22.0 Å². The zero-order valence-electron chi connectivity index (χ0n) is 20.4. The normalized spacial score (nSPS) is 16.9. The van der Waals surface area contributed by atoms with E-state index in [4.69, 9.17) is 9.47 Å². The van der Waals surface area contributed by atoms with Gasteiger partial charge in [-0.15, -0.1) is 0 Å². The topological polar surface area (TPSA) is 94.5 Å². The summed E-state index contributed by atoms with van der Waals surface area (Å²) in [6.07, 6.45) is 0.448. The van der Waals surface area contributed by atoms with E-state index in [1.54, 1.807) is 43.3 Å². The minimum atomic E-state index is -4.00. The molecule has 2 aliphatic rings. The first kappa shape index (κ1) is 25.7. The lowest BCUT2D eigenvalue weighted by atomic mass is 10.0. The molecule has 198 valence electrons. The number of sulfonamides is 1. The van der Waals surface area contributed by atoms with Crippen molar-refractivity contribution in [2.45, 2.75) is 37.2 Å². The summed E-state index contributed by atoms with van der Waals surface area (Å²) in [5, 5.41) is 3.54. The van der Waals surface area contributed by atoms with Crippen molar-refractivity contribution in [1.29, 1.82) is 0 Å². The van der Waals surface area contributed by atoms with Gasteiger partial charge in [-0.2, -0.15) is 0 Å². The molecule has 2 aliphatic heterocycles. The third-order valence-corrected chi connectivity index (χ3v) is 7.92. The molecule has 0 unspecified atom stereocenters. The summed E-state index contributed by atoms with van der Waals surface area (Å²) >= 11 is 0. The molecule has 0 N–H and O–H groups in total. The molecule has 3 aromatic rings. The zero-order valence-corrected chi connectivity index (χ0v) is 21.2. The lowest BCUT2D eigenvalue weighted by Crippen LogP contribution is -2.43. The molecule has 2 heterocycles. The molecular formula is C27H24F2N2O6S. The number of carbonyl (C=O) groups excluding carboxylic acids is 1. The SMILES string of the molecule is Cc1cccc(S(=O)(=O)N2C[C@H](CCCOC3=NOC(=O)C3)Oc3ccc(-c4cc(F)cc(F)c4)cc32)c1. The number of ether oxygens (including phenoxy) is 2. The van der Waals surface area contributed by atoms with E-state index in [9.17, 15) is 22.0 Å². The van der Waals surface area contributed by atoms with Crippen LogP contribution in [0.15, 0.2) is 70.7 Å². The van der Waals surface area contributed by atoms with Crippen LogP contribution in [0.2, 0.25) is 0 Å². The number of carbonyl (C=O) groups is 1. The second-order valence-corrected chi connectivity index (χ2v) is 10.9. The van der Waals surface area contributed by atoms with Crippen LogP contribution >= 0.6 is 0 Å². The molecule has 0 aliphatic carbocycles. The molecule has 11 heteroatoms. The number of halogens is 2. The zero-order chi connectivity index (χ0) is 26.9. The molecule has 8 nitrogen and oxygen atoms in total. The Balaban J connectivity index is 1.43. The fraction of sp³-hybridized carbons (Fsp3) is 0.259. The maximum atomic E-state index is 13.9. The number of fused-ring (bicyclic) bond motifs is 1. The quantitative estimate of drug-likeness (QED) is 0.310. The summed E-state index contributed by atoms with van der Waals surface area (Å²) in [4.78, 5) is 15.7. The fourth-order valence-corrected chi connectivity index (χ4v) is 5.97. The largest absolute Gasteiger partial charge is 0.486 e. The minimum Gasteiger partial charge on any atom is -0.486 e. The van der Waals surface area contributed by atoms with Gasteiger partial charge in [0.15, 0.2) is 0 Å². The lowest BCUT2D eigenvalue weighted by molar-refractivity contribution is -0.140. The molecule has 0 fully saturated rings. The first-order chi connectivity index (χ1) is 18.2. The van der Waals surface area contributed by atoms with Crippen LogP contribution in [0.3, 0.4) is 0 Å². The van der Waals surface area contributed by atoms with Crippen molar-refractivity contribution >= 4 is 27.6 Å². The summed E-state index contributed by atoms with van der Waals surface area (Å²) in [6.45, 7) is 2.07. The molecule has 5 rings (SSSR count).